The van der Waals surface area contributed by atoms with E-state index < -0.39 is 0 Å². The van der Waals surface area contributed by atoms with Crippen LogP contribution in [-0.2, 0) is 4.79 Å². The van der Waals surface area contributed by atoms with Crippen LogP contribution < -0.4 is 9.75 Å². The third-order valence-corrected chi connectivity index (χ3v) is 4.39. The van der Waals surface area contributed by atoms with E-state index in [4.69, 9.17) is 4.74 Å². The number of fused-ring (bicyclic) bond motifs is 1. The van der Waals surface area contributed by atoms with Gasteiger partial charge in [-0.3, -0.25) is 9.80 Å². The number of benzene rings is 2. The maximum absolute atomic E-state index is 11.4. The molecule has 0 atom stereocenters. The molecule has 23 heavy (non-hydrogen) atoms. The Bertz CT molecular complexity index is 856. The van der Waals surface area contributed by atoms with E-state index in [0.717, 1.165) is 20.7 Å². The van der Waals surface area contributed by atoms with Crippen molar-refractivity contribution in [1.82, 2.24) is 0 Å². The molecule has 2 aromatic carbocycles. The van der Waals surface area contributed by atoms with Gasteiger partial charge >= 0.3 is 5.97 Å². The molecule has 3 aromatic rings. The van der Waals surface area contributed by atoms with Gasteiger partial charge < -0.3 is 4.74 Å². The average Bonchev–Trinajstić information content (AvgIpc) is 2.91. The molecular weight excluding hydrogens is 308 g/mol. The Morgan fingerprint density at radius 3 is 2.57 bits per heavy atom. The Kier molecular flexibility index (Phi) is 4.39. The van der Waals surface area contributed by atoms with E-state index in [0.29, 0.717) is 5.75 Å². The lowest BCUT2D eigenvalue weighted by Crippen LogP contribution is -2.08. The van der Waals surface area contributed by atoms with Crippen LogP contribution in [0.15, 0.2) is 59.7 Å². The Morgan fingerprint density at radius 2 is 1.83 bits per heavy atom. The van der Waals surface area contributed by atoms with Crippen LogP contribution in [0.1, 0.15) is 11.8 Å². The smallest absolute Gasteiger partial charge is 0.308 e. The SMILES string of the molecule is CC(=O)Oc1c(/C=N\N(C)c2ccccc2)sc2ccccc12. The number of carbonyl (C=O) groups is 1. The number of hydrogen-bond acceptors (Lipinski definition) is 5. The zero-order chi connectivity index (χ0) is 16.2. The number of hydrazone groups is 1. The van der Waals surface area contributed by atoms with Crippen LogP contribution in [0, 0.1) is 0 Å². The van der Waals surface area contributed by atoms with Crippen molar-refractivity contribution in [3.8, 4) is 5.75 Å². The van der Waals surface area contributed by atoms with Crippen LogP contribution in [0.5, 0.6) is 5.75 Å². The summed E-state index contributed by atoms with van der Waals surface area (Å²) in [5, 5.41) is 7.16. The fourth-order valence-corrected chi connectivity index (χ4v) is 3.22. The summed E-state index contributed by atoms with van der Waals surface area (Å²) in [5.74, 6) is 0.239. The molecule has 0 N–H and O–H groups in total. The van der Waals surface area contributed by atoms with Crippen molar-refractivity contribution >= 4 is 39.3 Å². The predicted molar refractivity (Wildman–Crippen MR) is 95.6 cm³/mol. The minimum atomic E-state index is -0.334. The molecule has 0 unspecified atom stereocenters. The van der Waals surface area contributed by atoms with Gasteiger partial charge in [-0.25, -0.2) is 0 Å². The molecule has 116 valence electrons. The normalized spacial score (nSPS) is 11.0. The van der Waals surface area contributed by atoms with Gasteiger partial charge in [0.2, 0.25) is 0 Å². The Labute approximate surface area is 138 Å². The molecule has 0 saturated carbocycles. The minimum Gasteiger partial charge on any atom is -0.424 e. The number of anilines is 1. The maximum atomic E-state index is 11.4. The van der Waals surface area contributed by atoms with Crippen molar-refractivity contribution in [3.05, 3.63) is 59.5 Å². The molecule has 1 aromatic heterocycles. The number of carbonyl (C=O) groups excluding carboxylic acids is 1. The maximum Gasteiger partial charge on any atom is 0.308 e. The molecule has 0 amide bonds. The van der Waals surface area contributed by atoms with Gasteiger partial charge in [0.15, 0.2) is 5.75 Å². The van der Waals surface area contributed by atoms with Gasteiger partial charge in [-0.2, -0.15) is 5.10 Å². The monoisotopic (exact) mass is 324 g/mol. The first-order chi connectivity index (χ1) is 11.1. The van der Waals surface area contributed by atoms with Gasteiger partial charge in [0.25, 0.3) is 0 Å². The lowest BCUT2D eigenvalue weighted by Gasteiger charge is -2.12. The molecule has 0 spiro atoms. The number of nitrogens with zero attached hydrogens (tertiary/aromatic N) is 2. The fraction of sp³-hybridized carbons (Fsp3) is 0.111. The van der Waals surface area contributed by atoms with Crippen LogP contribution in [0.4, 0.5) is 5.69 Å². The summed E-state index contributed by atoms with van der Waals surface area (Å²) in [5.41, 5.74) is 0.985. The molecule has 0 bridgehead atoms. The van der Waals surface area contributed by atoms with E-state index in [1.54, 1.807) is 22.6 Å². The number of hydrogen-bond donors (Lipinski definition) is 0. The Morgan fingerprint density at radius 1 is 1.13 bits per heavy atom. The summed E-state index contributed by atoms with van der Waals surface area (Å²) < 4.78 is 6.46. The lowest BCUT2D eigenvalue weighted by molar-refractivity contribution is -0.131. The summed E-state index contributed by atoms with van der Waals surface area (Å²) >= 11 is 1.55. The van der Waals surface area contributed by atoms with Crippen molar-refractivity contribution in [2.45, 2.75) is 6.92 Å². The second-order valence-electron chi connectivity index (χ2n) is 4.99. The second kappa shape index (κ2) is 6.62. The first kappa shape index (κ1) is 15.2. The highest BCUT2D eigenvalue weighted by Crippen LogP contribution is 2.36. The molecule has 0 aliphatic rings. The molecular formula is C18H16N2O2S. The quantitative estimate of drug-likeness (QED) is 0.408. The standard InChI is InChI=1S/C18H16N2O2S/c1-13(21)22-18-15-10-6-7-11-16(15)23-17(18)12-19-20(2)14-8-4-3-5-9-14/h3-12H,1-2H3/b19-12-. The number of para-hydroxylation sites is 1. The molecule has 0 radical (unpaired) electrons. The van der Waals surface area contributed by atoms with Crippen molar-refractivity contribution in [2.75, 3.05) is 12.1 Å². The van der Waals surface area contributed by atoms with Crippen molar-refractivity contribution < 1.29 is 9.53 Å². The van der Waals surface area contributed by atoms with Crippen molar-refractivity contribution in [1.29, 1.82) is 0 Å². The van der Waals surface area contributed by atoms with Gasteiger partial charge in [0, 0.05) is 24.1 Å². The van der Waals surface area contributed by atoms with Crippen LogP contribution in [0.3, 0.4) is 0 Å². The molecule has 0 saturated heterocycles. The highest BCUT2D eigenvalue weighted by molar-refractivity contribution is 7.21. The van der Waals surface area contributed by atoms with Crippen molar-refractivity contribution in [2.24, 2.45) is 5.10 Å². The first-order valence-electron chi connectivity index (χ1n) is 7.18. The van der Waals surface area contributed by atoms with Crippen LogP contribution in [0.2, 0.25) is 0 Å². The zero-order valence-corrected chi connectivity index (χ0v) is 13.7. The van der Waals surface area contributed by atoms with Crippen LogP contribution in [0.25, 0.3) is 10.1 Å². The van der Waals surface area contributed by atoms with Gasteiger partial charge in [-0.05, 0) is 24.3 Å². The van der Waals surface area contributed by atoms with E-state index in [9.17, 15) is 4.79 Å². The number of thiophene rings is 1. The van der Waals surface area contributed by atoms with Crippen LogP contribution in [-0.4, -0.2) is 19.2 Å². The summed E-state index contributed by atoms with van der Waals surface area (Å²) in [6.45, 7) is 1.41. The highest BCUT2D eigenvalue weighted by atomic mass is 32.1. The Hall–Kier alpha value is -2.66. The average molecular weight is 324 g/mol. The highest BCUT2D eigenvalue weighted by Gasteiger charge is 2.14. The fourth-order valence-electron chi connectivity index (χ4n) is 2.22. The summed E-state index contributed by atoms with van der Waals surface area (Å²) in [6.07, 6.45) is 1.73. The predicted octanol–water partition coefficient (Wildman–Crippen LogP) is 4.30. The number of rotatable bonds is 4. The topological polar surface area (TPSA) is 41.9 Å². The summed E-state index contributed by atoms with van der Waals surface area (Å²) in [7, 11) is 1.88. The first-order valence-corrected chi connectivity index (χ1v) is 7.99. The molecule has 1 heterocycles. The molecule has 5 heteroatoms. The summed E-state index contributed by atoms with van der Waals surface area (Å²) in [6, 6.07) is 17.7. The largest absolute Gasteiger partial charge is 0.424 e. The third kappa shape index (κ3) is 3.40. The molecule has 0 aliphatic carbocycles. The molecule has 4 nitrogen and oxygen atoms in total. The number of esters is 1. The number of ether oxygens (including phenoxy) is 1. The lowest BCUT2D eigenvalue weighted by atomic mass is 10.2. The third-order valence-electron chi connectivity index (χ3n) is 3.30. The van der Waals surface area contributed by atoms with Gasteiger partial charge in [0.1, 0.15) is 0 Å². The molecule has 0 fully saturated rings. The van der Waals surface area contributed by atoms with E-state index in [1.165, 1.54) is 6.92 Å². The Balaban J connectivity index is 1.95. The van der Waals surface area contributed by atoms with Crippen LogP contribution >= 0.6 is 11.3 Å². The van der Waals surface area contributed by atoms with E-state index in [1.807, 2.05) is 61.6 Å². The van der Waals surface area contributed by atoms with E-state index in [2.05, 4.69) is 5.10 Å². The minimum absolute atomic E-state index is 0.334. The summed E-state index contributed by atoms with van der Waals surface area (Å²) in [4.78, 5) is 12.2. The van der Waals surface area contributed by atoms with Gasteiger partial charge in [-0.1, -0.05) is 30.3 Å². The van der Waals surface area contributed by atoms with Gasteiger partial charge in [0.05, 0.1) is 16.8 Å². The molecule has 3 rings (SSSR count). The zero-order valence-electron chi connectivity index (χ0n) is 12.9. The van der Waals surface area contributed by atoms with Gasteiger partial charge in [-0.15, -0.1) is 11.3 Å². The van der Waals surface area contributed by atoms with Crippen molar-refractivity contribution in [3.63, 3.8) is 0 Å². The van der Waals surface area contributed by atoms with E-state index >= 15 is 0 Å². The molecule has 0 aliphatic heterocycles. The second-order valence-corrected chi connectivity index (χ2v) is 6.07. The van der Waals surface area contributed by atoms with E-state index in [-0.39, 0.29) is 5.97 Å².